The second-order valence-corrected chi connectivity index (χ2v) is 8.09. The summed E-state index contributed by atoms with van der Waals surface area (Å²) < 4.78 is 2.07. The van der Waals surface area contributed by atoms with Crippen LogP contribution in [0, 0.1) is 0 Å². The second-order valence-electron chi connectivity index (χ2n) is 5.82. The van der Waals surface area contributed by atoms with Gasteiger partial charge in [0.05, 0.1) is 23.2 Å². The van der Waals surface area contributed by atoms with Crippen LogP contribution < -0.4 is 10.3 Å². The van der Waals surface area contributed by atoms with Crippen molar-refractivity contribution in [1.29, 1.82) is 0 Å². The summed E-state index contributed by atoms with van der Waals surface area (Å²) in [6.07, 6.45) is 1.30. The van der Waals surface area contributed by atoms with Crippen molar-refractivity contribution < 1.29 is 14.7 Å². The minimum absolute atomic E-state index is 0.119. The zero-order valence-electron chi connectivity index (χ0n) is 14.6. The van der Waals surface area contributed by atoms with Gasteiger partial charge in [-0.05, 0) is 35.9 Å². The fraction of sp³-hybridized carbons (Fsp3) is 0.0526. The molecule has 0 spiro atoms. The molecule has 2 aromatic carbocycles. The van der Waals surface area contributed by atoms with Crippen molar-refractivity contribution in [1.82, 2.24) is 9.99 Å². The summed E-state index contributed by atoms with van der Waals surface area (Å²) in [6, 6.07) is 13.1. The van der Waals surface area contributed by atoms with Crippen LogP contribution in [0.3, 0.4) is 0 Å². The van der Waals surface area contributed by atoms with Gasteiger partial charge in [0.2, 0.25) is 0 Å². The molecule has 10 heteroatoms. The fourth-order valence-corrected chi connectivity index (χ4v) is 3.95. The molecule has 3 rings (SSSR count). The third-order valence-electron chi connectivity index (χ3n) is 3.81. The number of carbonyl (C=O) groups excluding carboxylic acids is 1. The van der Waals surface area contributed by atoms with Crippen LogP contribution in [-0.2, 0) is 6.54 Å². The molecule has 7 nitrogen and oxygen atoms in total. The van der Waals surface area contributed by atoms with Crippen LogP contribution in [0.1, 0.15) is 31.2 Å². The summed E-state index contributed by atoms with van der Waals surface area (Å²) in [5.41, 5.74) is 3.55. The highest BCUT2D eigenvalue weighted by Gasteiger charge is 2.13. The summed E-state index contributed by atoms with van der Waals surface area (Å²) in [5, 5.41) is 13.1. The van der Waals surface area contributed by atoms with Gasteiger partial charge >= 0.3 is 10.8 Å². The standard InChI is InChI=1S/C19H13BrClN3O4S/c20-14-6-2-4-12(8-14)17(25)23-22-9-15-16(21)24(19(28)29-15)10-11-3-1-5-13(7-11)18(26)27/h1-9H,10H2,(H,23,25)(H,26,27)/b22-9+. The van der Waals surface area contributed by atoms with Crippen molar-refractivity contribution in [2.24, 2.45) is 5.10 Å². The number of carbonyl (C=O) groups is 2. The van der Waals surface area contributed by atoms with E-state index in [9.17, 15) is 14.4 Å². The van der Waals surface area contributed by atoms with E-state index in [-0.39, 0.29) is 22.1 Å². The van der Waals surface area contributed by atoms with Gasteiger partial charge in [-0.15, -0.1) is 0 Å². The molecule has 2 N–H and O–H groups in total. The Bertz CT molecular complexity index is 1170. The molecule has 0 atom stereocenters. The third kappa shape index (κ3) is 5.20. The molecule has 1 heterocycles. The number of benzene rings is 2. The van der Waals surface area contributed by atoms with Crippen molar-refractivity contribution in [2.45, 2.75) is 6.54 Å². The molecule has 148 valence electrons. The van der Waals surface area contributed by atoms with E-state index >= 15 is 0 Å². The molecule has 29 heavy (non-hydrogen) atoms. The van der Waals surface area contributed by atoms with Crippen LogP contribution in [0.5, 0.6) is 0 Å². The Hall–Kier alpha value is -2.75. The van der Waals surface area contributed by atoms with Crippen LogP contribution in [0.4, 0.5) is 0 Å². The lowest BCUT2D eigenvalue weighted by molar-refractivity contribution is 0.0696. The van der Waals surface area contributed by atoms with Crippen LogP contribution in [-0.4, -0.2) is 27.8 Å². The van der Waals surface area contributed by atoms with Gasteiger partial charge in [0.15, 0.2) is 0 Å². The highest BCUT2D eigenvalue weighted by atomic mass is 79.9. The molecule has 0 aliphatic rings. The molecule has 0 radical (unpaired) electrons. The van der Waals surface area contributed by atoms with E-state index in [2.05, 4.69) is 26.5 Å². The summed E-state index contributed by atoms with van der Waals surface area (Å²) >= 11 is 10.4. The predicted molar refractivity (Wildman–Crippen MR) is 115 cm³/mol. The van der Waals surface area contributed by atoms with E-state index < -0.39 is 11.9 Å². The van der Waals surface area contributed by atoms with Gasteiger partial charge in [0, 0.05) is 10.0 Å². The van der Waals surface area contributed by atoms with Crippen molar-refractivity contribution in [3.8, 4) is 0 Å². The van der Waals surface area contributed by atoms with E-state index in [4.69, 9.17) is 16.7 Å². The minimum Gasteiger partial charge on any atom is -0.478 e. The van der Waals surface area contributed by atoms with Gasteiger partial charge < -0.3 is 5.11 Å². The first-order valence-electron chi connectivity index (χ1n) is 8.15. The van der Waals surface area contributed by atoms with E-state index in [1.807, 2.05) is 0 Å². The Kier molecular flexibility index (Phi) is 6.63. The Balaban J connectivity index is 1.74. The zero-order chi connectivity index (χ0) is 21.0. The first kappa shape index (κ1) is 21.0. The van der Waals surface area contributed by atoms with E-state index in [0.717, 1.165) is 15.8 Å². The lowest BCUT2D eigenvalue weighted by Crippen LogP contribution is -2.17. The molecular weight excluding hydrogens is 482 g/mol. The summed E-state index contributed by atoms with van der Waals surface area (Å²) in [4.78, 5) is 35.5. The molecule has 0 saturated heterocycles. The van der Waals surface area contributed by atoms with Crippen molar-refractivity contribution in [3.63, 3.8) is 0 Å². The molecule has 0 unspecified atom stereocenters. The normalized spacial score (nSPS) is 11.0. The van der Waals surface area contributed by atoms with Gasteiger partial charge in [0.1, 0.15) is 5.15 Å². The number of nitrogens with zero attached hydrogens (tertiary/aromatic N) is 2. The average Bonchev–Trinajstić information content (AvgIpc) is 2.95. The van der Waals surface area contributed by atoms with Gasteiger partial charge in [0.25, 0.3) is 5.91 Å². The quantitative estimate of drug-likeness (QED) is 0.402. The Morgan fingerprint density at radius 1 is 1.21 bits per heavy atom. The number of thiazole rings is 1. The number of carboxylic acid groups (broad SMARTS) is 1. The maximum Gasteiger partial charge on any atom is 0.335 e. The number of aromatic nitrogens is 1. The van der Waals surface area contributed by atoms with Gasteiger partial charge in [-0.25, -0.2) is 10.2 Å². The number of nitrogens with one attached hydrogen (secondary N) is 1. The number of hydrazone groups is 1. The van der Waals surface area contributed by atoms with Crippen molar-refractivity contribution in [2.75, 3.05) is 0 Å². The Morgan fingerprint density at radius 2 is 1.93 bits per heavy atom. The number of carboxylic acids is 1. The monoisotopic (exact) mass is 493 g/mol. The van der Waals surface area contributed by atoms with E-state index in [1.54, 1.807) is 36.4 Å². The molecule has 1 aromatic heterocycles. The molecule has 0 bridgehead atoms. The smallest absolute Gasteiger partial charge is 0.335 e. The van der Waals surface area contributed by atoms with Gasteiger partial charge in [-0.2, -0.15) is 5.10 Å². The number of aromatic carboxylic acids is 1. The largest absolute Gasteiger partial charge is 0.478 e. The van der Waals surface area contributed by atoms with Crippen LogP contribution >= 0.6 is 38.9 Å². The SMILES string of the molecule is O=C(O)c1cccc(Cn2c(Cl)c(/C=N/NC(=O)c3cccc(Br)c3)sc2=O)c1. The molecule has 0 aliphatic carbocycles. The summed E-state index contributed by atoms with van der Waals surface area (Å²) in [5.74, 6) is -1.46. The molecule has 0 aliphatic heterocycles. The van der Waals surface area contributed by atoms with Crippen molar-refractivity contribution >= 4 is 57.0 Å². The predicted octanol–water partition coefficient (Wildman–Crippen LogP) is 3.84. The number of amides is 1. The first-order valence-corrected chi connectivity index (χ1v) is 10.1. The lowest BCUT2D eigenvalue weighted by atomic mass is 10.1. The Labute approximate surface area is 182 Å². The molecule has 0 fully saturated rings. The average molecular weight is 495 g/mol. The molecule has 3 aromatic rings. The number of rotatable bonds is 6. The van der Waals surface area contributed by atoms with Crippen LogP contribution in [0.15, 0.2) is 62.9 Å². The third-order valence-corrected chi connectivity index (χ3v) is 5.73. The highest BCUT2D eigenvalue weighted by Crippen LogP contribution is 2.19. The van der Waals surface area contributed by atoms with E-state index in [0.29, 0.717) is 16.0 Å². The minimum atomic E-state index is -1.05. The van der Waals surface area contributed by atoms with E-state index in [1.165, 1.54) is 22.9 Å². The molecular formula is C19H13BrClN3O4S. The maximum absolute atomic E-state index is 12.3. The van der Waals surface area contributed by atoms with Crippen LogP contribution in [0.2, 0.25) is 5.15 Å². The van der Waals surface area contributed by atoms with Gasteiger partial charge in [-0.1, -0.05) is 57.1 Å². The summed E-state index contributed by atoms with van der Waals surface area (Å²) in [6.45, 7) is 0.119. The topological polar surface area (TPSA) is 101 Å². The lowest BCUT2D eigenvalue weighted by Gasteiger charge is -2.05. The molecule has 0 saturated carbocycles. The maximum atomic E-state index is 12.3. The number of hydrogen-bond donors (Lipinski definition) is 2. The Morgan fingerprint density at radius 3 is 2.66 bits per heavy atom. The number of hydrogen-bond acceptors (Lipinski definition) is 5. The number of halogens is 2. The summed E-state index contributed by atoms with van der Waals surface area (Å²) in [7, 11) is 0. The zero-order valence-corrected chi connectivity index (χ0v) is 17.8. The fourth-order valence-electron chi connectivity index (χ4n) is 2.45. The molecule has 1 amide bonds. The van der Waals surface area contributed by atoms with Gasteiger partial charge in [-0.3, -0.25) is 14.2 Å². The first-order chi connectivity index (χ1) is 13.8. The van der Waals surface area contributed by atoms with Crippen molar-refractivity contribution in [3.05, 3.63) is 89.4 Å². The van der Waals surface area contributed by atoms with Crippen LogP contribution in [0.25, 0.3) is 0 Å². The second kappa shape index (κ2) is 9.17. The highest BCUT2D eigenvalue weighted by molar-refractivity contribution is 9.10.